The van der Waals surface area contributed by atoms with Crippen molar-refractivity contribution in [1.29, 1.82) is 0 Å². The second-order valence-corrected chi connectivity index (χ2v) is 4.96. The van der Waals surface area contributed by atoms with Gasteiger partial charge in [0.1, 0.15) is 11.0 Å². The van der Waals surface area contributed by atoms with Gasteiger partial charge in [-0.15, -0.1) is 0 Å². The standard InChI is InChI=1S/C15H14ClN3O3/c1-9-4-3-5-13(18-9)19-14(20)10(2)22-15(21)11-6-7-17-12(16)8-11/h3-8,10H,1-2H3,(H,18,19,20). The number of aromatic nitrogens is 2. The molecule has 2 aromatic heterocycles. The van der Waals surface area contributed by atoms with Gasteiger partial charge in [0, 0.05) is 11.9 Å². The molecule has 2 heterocycles. The predicted octanol–water partition coefficient (Wildman–Crippen LogP) is 2.62. The Labute approximate surface area is 132 Å². The molecule has 1 amide bonds. The Balaban J connectivity index is 1.98. The molecule has 0 bridgehead atoms. The van der Waals surface area contributed by atoms with E-state index >= 15 is 0 Å². The van der Waals surface area contributed by atoms with Crippen LogP contribution in [0.2, 0.25) is 5.15 Å². The number of anilines is 1. The van der Waals surface area contributed by atoms with Gasteiger partial charge < -0.3 is 10.1 Å². The Morgan fingerprint density at radius 3 is 2.77 bits per heavy atom. The number of rotatable bonds is 4. The van der Waals surface area contributed by atoms with Crippen molar-refractivity contribution < 1.29 is 14.3 Å². The second kappa shape index (κ2) is 7.00. The summed E-state index contributed by atoms with van der Waals surface area (Å²) in [5.41, 5.74) is 1.00. The molecule has 2 rings (SSSR count). The summed E-state index contributed by atoms with van der Waals surface area (Å²) >= 11 is 5.70. The van der Waals surface area contributed by atoms with E-state index in [1.54, 1.807) is 12.1 Å². The van der Waals surface area contributed by atoms with Crippen LogP contribution in [0, 0.1) is 6.92 Å². The van der Waals surface area contributed by atoms with Crippen molar-refractivity contribution in [3.8, 4) is 0 Å². The van der Waals surface area contributed by atoms with Crippen LogP contribution < -0.4 is 5.32 Å². The van der Waals surface area contributed by atoms with Gasteiger partial charge in [-0.2, -0.15) is 0 Å². The van der Waals surface area contributed by atoms with Gasteiger partial charge in [-0.1, -0.05) is 17.7 Å². The Morgan fingerprint density at radius 2 is 2.09 bits per heavy atom. The summed E-state index contributed by atoms with van der Waals surface area (Å²) < 4.78 is 5.09. The van der Waals surface area contributed by atoms with E-state index in [1.807, 2.05) is 13.0 Å². The molecule has 22 heavy (non-hydrogen) atoms. The SMILES string of the molecule is Cc1cccc(NC(=O)C(C)OC(=O)c2ccnc(Cl)c2)n1. The highest BCUT2D eigenvalue weighted by Gasteiger charge is 2.19. The lowest BCUT2D eigenvalue weighted by atomic mass is 10.2. The summed E-state index contributed by atoms with van der Waals surface area (Å²) in [6, 6.07) is 8.07. The summed E-state index contributed by atoms with van der Waals surface area (Å²) in [4.78, 5) is 31.8. The maximum Gasteiger partial charge on any atom is 0.339 e. The average Bonchev–Trinajstić information content (AvgIpc) is 2.47. The van der Waals surface area contributed by atoms with Crippen molar-refractivity contribution in [3.63, 3.8) is 0 Å². The lowest BCUT2D eigenvalue weighted by Crippen LogP contribution is -2.30. The molecule has 7 heteroatoms. The van der Waals surface area contributed by atoms with Gasteiger partial charge in [0.15, 0.2) is 6.10 Å². The molecule has 1 unspecified atom stereocenters. The van der Waals surface area contributed by atoms with E-state index < -0.39 is 18.0 Å². The van der Waals surface area contributed by atoms with Crippen molar-refractivity contribution >= 4 is 29.3 Å². The third-order valence-corrected chi connectivity index (χ3v) is 2.96. The van der Waals surface area contributed by atoms with Crippen LogP contribution in [0.1, 0.15) is 23.0 Å². The van der Waals surface area contributed by atoms with E-state index in [0.717, 1.165) is 5.69 Å². The quantitative estimate of drug-likeness (QED) is 0.692. The zero-order valence-corrected chi connectivity index (χ0v) is 12.8. The Morgan fingerprint density at radius 1 is 1.32 bits per heavy atom. The van der Waals surface area contributed by atoms with E-state index in [9.17, 15) is 9.59 Å². The van der Waals surface area contributed by atoms with Crippen LogP contribution in [0.3, 0.4) is 0 Å². The van der Waals surface area contributed by atoms with E-state index in [0.29, 0.717) is 5.82 Å². The number of nitrogens with one attached hydrogen (secondary N) is 1. The minimum Gasteiger partial charge on any atom is -0.449 e. The summed E-state index contributed by atoms with van der Waals surface area (Å²) in [7, 11) is 0. The van der Waals surface area contributed by atoms with Gasteiger partial charge in [-0.3, -0.25) is 4.79 Å². The second-order valence-electron chi connectivity index (χ2n) is 4.57. The number of pyridine rings is 2. The number of esters is 1. The topological polar surface area (TPSA) is 81.2 Å². The molecule has 114 valence electrons. The Bertz CT molecular complexity index is 706. The fourth-order valence-electron chi connectivity index (χ4n) is 1.65. The molecular formula is C15H14ClN3O3. The van der Waals surface area contributed by atoms with Gasteiger partial charge in [-0.25, -0.2) is 14.8 Å². The number of hydrogen-bond acceptors (Lipinski definition) is 5. The lowest BCUT2D eigenvalue weighted by molar-refractivity contribution is -0.123. The Hall–Kier alpha value is -2.47. The molecule has 0 fully saturated rings. The number of nitrogens with zero attached hydrogens (tertiary/aromatic N) is 2. The van der Waals surface area contributed by atoms with Crippen LogP contribution in [-0.2, 0) is 9.53 Å². The van der Waals surface area contributed by atoms with Crippen LogP contribution in [0.25, 0.3) is 0 Å². The lowest BCUT2D eigenvalue weighted by Gasteiger charge is -2.13. The first-order valence-electron chi connectivity index (χ1n) is 6.53. The molecule has 0 aliphatic rings. The summed E-state index contributed by atoms with van der Waals surface area (Å²) in [6.07, 6.45) is 0.419. The molecule has 0 aliphatic heterocycles. The fourth-order valence-corrected chi connectivity index (χ4v) is 1.83. The molecule has 0 radical (unpaired) electrons. The zero-order valence-electron chi connectivity index (χ0n) is 12.0. The molecule has 1 atom stereocenters. The molecule has 0 spiro atoms. The van der Waals surface area contributed by atoms with Crippen molar-refractivity contribution in [2.75, 3.05) is 5.32 Å². The summed E-state index contributed by atoms with van der Waals surface area (Å²) in [5.74, 6) is -0.712. The van der Waals surface area contributed by atoms with E-state index in [4.69, 9.17) is 16.3 Å². The fraction of sp³-hybridized carbons (Fsp3) is 0.200. The van der Waals surface area contributed by atoms with Crippen molar-refractivity contribution in [3.05, 3.63) is 52.9 Å². The molecule has 0 aromatic carbocycles. The number of aryl methyl sites for hydroxylation is 1. The third-order valence-electron chi connectivity index (χ3n) is 2.75. The molecule has 2 aromatic rings. The molecule has 0 aliphatic carbocycles. The highest BCUT2D eigenvalue weighted by molar-refractivity contribution is 6.29. The molecular weight excluding hydrogens is 306 g/mol. The van der Waals surface area contributed by atoms with E-state index in [1.165, 1.54) is 25.3 Å². The average molecular weight is 320 g/mol. The van der Waals surface area contributed by atoms with E-state index in [-0.39, 0.29) is 10.7 Å². The first-order valence-corrected chi connectivity index (χ1v) is 6.90. The molecule has 1 N–H and O–H groups in total. The van der Waals surface area contributed by atoms with Crippen LogP contribution >= 0.6 is 11.6 Å². The largest absolute Gasteiger partial charge is 0.449 e. The van der Waals surface area contributed by atoms with Gasteiger partial charge >= 0.3 is 5.97 Å². The number of carbonyl (C=O) groups excluding carboxylic acids is 2. The van der Waals surface area contributed by atoms with Gasteiger partial charge in [0.25, 0.3) is 5.91 Å². The molecule has 0 saturated carbocycles. The van der Waals surface area contributed by atoms with Crippen LogP contribution in [0.4, 0.5) is 5.82 Å². The zero-order chi connectivity index (χ0) is 16.1. The minimum atomic E-state index is -0.971. The number of amides is 1. The van der Waals surface area contributed by atoms with Crippen molar-refractivity contribution in [1.82, 2.24) is 9.97 Å². The van der Waals surface area contributed by atoms with Crippen molar-refractivity contribution in [2.45, 2.75) is 20.0 Å². The summed E-state index contributed by atoms with van der Waals surface area (Å²) in [5, 5.41) is 2.76. The Kier molecular flexibility index (Phi) is 5.06. The number of hydrogen-bond donors (Lipinski definition) is 1. The maximum absolute atomic E-state index is 12.0. The molecule has 6 nitrogen and oxygen atoms in total. The number of carbonyl (C=O) groups is 2. The first-order chi connectivity index (χ1) is 10.5. The van der Waals surface area contributed by atoms with Crippen LogP contribution in [0.5, 0.6) is 0 Å². The smallest absolute Gasteiger partial charge is 0.339 e. The van der Waals surface area contributed by atoms with Crippen LogP contribution in [0.15, 0.2) is 36.5 Å². The monoisotopic (exact) mass is 319 g/mol. The highest BCUT2D eigenvalue weighted by atomic mass is 35.5. The predicted molar refractivity (Wildman–Crippen MR) is 81.7 cm³/mol. The first kappa shape index (κ1) is 15.9. The van der Waals surface area contributed by atoms with Gasteiger partial charge in [-0.05, 0) is 38.1 Å². The highest BCUT2D eigenvalue weighted by Crippen LogP contribution is 2.10. The molecule has 0 saturated heterocycles. The van der Waals surface area contributed by atoms with Gasteiger partial charge in [0.2, 0.25) is 0 Å². The summed E-state index contributed by atoms with van der Waals surface area (Å²) in [6.45, 7) is 3.29. The van der Waals surface area contributed by atoms with Crippen molar-refractivity contribution in [2.24, 2.45) is 0 Å². The number of ether oxygens (including phenoxy) is 1. The van der Waals surface area contributed by atoms with Gasteiger partial charge in [0.05, 0.1) is 5.56 Å². The van der Waals surface area contributed by atoms with Crippen LogP contribution in [-0.4, -0.2) is 27.9 Å². The third kappa shape index (κ3) is 4.26. The maximum atomic E-state index is 12.0. The van der Waals surface area contributed by atoms with E-state index in [2.05, 4.69) is 15.3 Å². The minimum absolute atomic E-state index is 0.176. The number of halogens is 1. The normalized spacial score (nSPS) is 11.6.